The van der Waals surface area contributed by atoms with Crippen molar-refractivity contribution in [1.29, 1.82) is 0 Å². The van der Waals surface area contributed by atoms with E-state index in [1.165, 1.54) is 33.0 Å². The first-order valence-corrected chi connectivity index (χ1v) is 16.2. The first-order chi connectivity index (χ1) is 23.8. The summed E-state index contributed by atoms with van der Waals surface area (Å²) < 4.78 is 6.14. The van der Waals surface area contributed by atoms with Gasteiger partial charge >= 0.3 is 0 Å². The van der Waals surface area contributed by atoms with Gasteiger partial charge in [0.1, 0.15) is 5.58 Å². The Kier molecular flexibility index (Phi) is 6.80. The minimum atomic E-state index is 0.808. The lowest BCUT2D eigenvalue weighted by Crippen LogP contribution is -2.11. The van der Waals surface area contributed by atoms with Crippen LogP contribution >= 0.6 is 0 Å². The van der Waals surface area contributed by atoms with Crippen LogP contribution in [-0.4, -0.2) is 4.98 Å². The Balaban J connectivity index is 1.15. The highest BCUT2D eigenvalue weighted by atomic mass is 16.3. The molecular formula is C45H30N2O. The van der Waals surface area contributed by atoms with E-state index in [2.05, 4.69) is 174 Å². The molecule has 3 heteroatoms. The fraction of sp³-hybridized carbons (Fsp3) is 0. The minimum absolute atomic E-state index is 0.808. The number of fused-ring (bicyclic) bond motifs is 5. The summed E-state index contributed by atoms with van der Waals surface area (Å²) in [6.07, 6.45) is 3.62. The molecule has 226 valence electrons. The molecule has 0 saturated carbocycles. The van der Waals surface area contributed by atoms with E-state index in [0.29, 0.717) is 0 Å². The van der Waals surface area contributed by atoms with Crippen LogP contribution in [0.3, 0.4) is 0 Å². The number of anilines is 3. The van der Waals surface area contributed by atoms with Gasteiger partial charge in [0.25, 0.3) is 0 Å². The molecule has 0 bridgehead atoms. The standard InChI is InChI=1S/C45H30N2O/c1-3-9-31(10-4-1)32-17-22-37(23-18-32)47(42-14-8-7-13-39(42)34-11-5-2-6-12-34)38-24-19-33(20-25-38)36-16-15-35-21-26-43-45(41(35)29-36)40-27-28-46-30-44(40)48-43/h1-30H. The Morgan fingerprint density at radius 2 is 1.02 bits per heavy atom. The van der Waals surface area contributed by atoms with Crippen LogP contribution in [0.5, 0.6) is 0 Å². The molecule has 0 aliphatic carbocycles. The first-order valence-electron chi connectivity index (χ1n) is 16.2. The highest BCUT2D eigenvalue weighted by molar-refractivity contribution is 6.19. The number of rotatable bonds is 6. The van der Waals surface area contributed by atoms with Crippen LogP contribution in [0.15, 0.2) is 187 Å². The van der Waals surface area contributed by atoms with E-state index < -0.39 is 0 Å². The Labute approximate surface area is 279 Å². The molecule has 0 saturated heterocycles. The lowest BCUT2D eigenvalue weighted by atomic mass is 9.97. The van der Waals surface area contributed by atoms with Crippen LogP contribution in [0, 0.1) is 0 Å². The van der Waals surface area contributed by atoms with Crippen LogP contribution in [0.2, 0.25) is 0 Å². The number of nitrogens with zero attached hydrogens (tertiary/aromatic N) is 2. The van der Waals surface area contributed by atoms with Crippen LogP contribution in [0.1, 0.15) is 0 Å². The second-order valence-corrected chi connectivity index (χ2v) is 12.0. The molecule has 9 rings (SSSR count). The normalized spacial score (nSPS) is 11.3. The summed E-state index contributed by atoms with van der Waals surface area (Å²) >= 11 is 0. The number of furan rings is 1. The molecule has 0 aliphatic heterocycles. The van der Waals surface area contributed by atoms with E-state index in [9.17, 15) is 0 Å². The van der Waals surface area contributed by atoms with Gasteiger partial charge in [-0.05, 0) is 87.1 Å². The van der Waals surface area contributed by atoms with E-state index in [0.717, 1.165) is 50.1 Å². The zero-order chi connectivity index (χ0) is 31.9. The van der Waals surface area contributed by atoms with Crippen molar-refractivity contribution in [3.8, 4) is 33.4 Å². The topological polar surface area (TPSA) is 29.3 Å². The predicted octanol–water partition coefficient (Wildman–Crippen LogP) is 12.6. The molecule has 3 nitrogen and oxygen atoms in total. The molecule has 0 amide bonds. The average molecular weight is 615 g/mol. The Hall–Kier alpha value is -6.45. The maximum atomic E-state index is 6.14. The van der Waals surface area contributed by atoms with Gasteiger partial charge in [-0.2, -0.15) is 0 Å². The number of hydrogen-bond acceptors (Lipinski definition) is 3. The summed E-state index contributed by atoms with van der Waals surface area (Å²) in [4.78, 5) is 6.62. The molecule has 9 aromatic rings. The lowest BCUT2D eigenvalue weighted by molar-refractivity contribution is 0.667. The van der Waals surface area contributed by atoms with Crippen LogP contribution in [0.25, 0.3) is 66.1 Å². The molecule has 2 heterocycles. The van der Waals surface area contributed by atoms with Crippen molar-refractivity contribution in [2.45, 2.75) is 0 Å². The zero-order valence-electron chi connectivity index (χ0n) is 26.1. The molecule has 2 aromatic heterocycles. The summed E-state index contributed by atoms with van der Waals surface area (Å²) in [6.45, 7) is 0. The van der Waals surface area contributed by atoms with Gasteiger partial charge in [0.05, 0.1) is 11.9 Å². The molecule has 0 fully saturated rings. The molecule has 0 spiro atoms. The third-order valence-corrected chi connectivity index (χ3v) is 9.18. The number of para-hydroxylation sites is 1. The monoisotopic (exact) mass is 614 g/mol. The van der Waals surface area contributed by atoms with Gasteiger partial charge < -0.3 is 9.32 Å². The van der Waals surface area contributed by atoms with Gasteiger partial charge in [-0.25, -0.2) is 0 Å². The van der Waals surface area contributed by atoms with Gasteiger partial charge in [-0.3, -0.25) is 4.98 Å². The highest BCUT2D eigenvalue weighted by Crippen LogP contribution is 2.42. The molecule has 0 radical (unpaired) electrons. The number of pyridine rings is 1. The van der Waals surface area contributed by atoms with E-state index >= 15 is 0 Å². The van der Waals surface area contributed by atoms with E-state index in [1.54, 1.807) is 6.20 Å². The van der Waals surface area contributed by atoms with Gasteiger partial charge in [0.2, 0.25) is 0 Å². The third kappa shape index (κ3) is 4.90. The quantitative estimate of drug-likeness (QED) is 0.187. The fourth-order valence-electron chi connectivity index (χ4n) is 6.82. The van der Waals surface area contributed by atoms with E-state index in [4.69, 9.17) is 4.42 Å². The summed E-state index contributed by atoms with van der Waals surface area (Å²) in [7, 11) is 0. The van der Waals surface area contributed by atoms with Crippen molar-refractivity contribution in [3.05, 3.63) is 182 Å². The van der Waals surface area contributed by atoms with Gasteiger partial charge in [0.15, 0.2) is 5.58 Å². The predicted molar refractivity (Wildman–Crippen MR) is 200 cm³/mol. The SMILES string of the molecule is c1ccc(-c2ccc(N(c3ccc(-c4ccc5ccc6oc7cnccc7c6c5c4)cc3)c3ccccc3-c3ccccc3)cc2)cc1. The van der Waals surface area contributed by atoms with Crippen molar-refractivity contribution < 1.29 is 4.42 Å². The molecule has 0 atom stereocenters. The van der Waals surface area contributed by atoms with Gasteiger partial charge in [0, 0.05) is 33.9 Å². The largest absolute Gasteiger partial charge is 0.454 e. The van der Waals surface area contributed by atoms with Crippen molar-refractivity contribution in [3.63, 3.8) is 0 Å². The van der Waals surface area contributed by atoms with E-state index in [1.807, 2.05) is 12.3 Å². The number of aromatic nitrogens is 1. The van der Waals surface area contributed by atoms with Crippen LogP contribution < -0.4 is 4.90 Å². The second-order valence-electron chi connectivity index (χ2n) is 12.0. The summed E-state index contributed by atoms with van der Waals surface area (Å²) in [5.74, 6) is 0. The minimum Gasteiger partial charge on any atom is -0.454 e. The van der Waals surface area contributed by atoms with Crippen LogP contribution in [-0.2, 0) is 0 Å². The third-order valence-electron chi connectivity index (χ3n) is 9.18. The van der Waals surface area contributed by atoms with Crippen molar-refractivity contribution in [2.24, 2.45) is 0 Å². The molecular weight excluding hydrogens is 585 g/mol. The first kappa shape index (κ1) is 27.8. The van der Waals surface area contributed by atoms with Gasteiger partial charge in [-0.1, -0.05) is 121 Å². The second kappa shape index (κ2) is 11.7. The lowest BCUT2D eigenvalue weighted by Gasteiger charge is -2.28. The molecule has 48 heavy (non-hydrogen) atoms. The summed E-state index contributed by atoms with van der Waals surface area (Å²) in [6, 6.07) is 60.5. The number of benzene rings is 7. The molecule has 0 aliphatic rings. The van der Waals surface area contributed by atoms with Crippen LogP contribution in [0.4, 0.5) is 17.1 Å². The molecule has 0 unspecified atom stereocenters. The zero-order valence-corrected chi connectivity index (χ0v) is 26.1. The summed E-state index contributed by atoms with van der Waals surface area (Å²) in [5, 5.41) is 4.58. The fourth-order valence-corrected chi connectivity index (χ4v) is 6.82. The Morgan fingerprint density at radius 3 is 1.75 bits per heavy atom. The average Bonchev–Trinajstić information content (AvgIpc) is 3.56. The van der Waals surface area contributed by atoms with Crippen molar-refractivity contribution in [2.75, 3.05) is 4.90 Å². The van der Waals surface area contributed by atoms with Gasteiger partial charge in [-0.15, -0.1) is 0 Å². The van der Waals surface area contributed by atoms with Crippen molar-refractivity contribution in [1.82, 2.24) is 4.98 Å². The maximum absolute atomic E-state index is 6.14. The van der Waals surface area contributed by atoms with Crippen molar-refractivity contribution >= 4 is 49.8 Å². The molecule has 7 aromatic carbocycles. The van der Waals surface area contributed by atoms with E-state index in [-0.39, 0.29) is 0 Å². The summed E-state index contributed by atoms with van der Waals surface area (Å²) in [5.41, 5.74) is 12.1. The maximum Gasteiger partial charge on any atom is 0.153 e. The Bertz CT molecular complexity index is 2540. The molecule has 0 N–H and O–H groups in total. The Morgan fingerprint density at radius 1 is 0.438 bits per heavy atom. The highest BCUT2D eigenvalue weighted by Gasteiger charge is 2.18. The number of hydrogen-bond donors (Lipinski definition) is 0. The smallest absolute Gasteiger partial charge is 0.153 e.